The summed E-state index contributed by atoms with van der Waals surface area (Å²) in [4.78, 5) is 0. The van der Waals surface area contributed by atoms with Crippen molar-refractivity contribution in [3.05, 3.63) is 12.6 Å². The monoisotopic (exact) mass is 1220 g/mol. The SMILES string of the molecule is C=CB1OC(C)(C)C(C)(C[Si](CCC(F)(F)C(F)(F)C(F)(F)C(F)(F)C(F)(F)C(F)(F)F)(CCC(F)(F)C(F)(F)C(F)(F)C(F)(F)C(F)(F)C(F)(F)F)CCC(F)(F)C(F)(F)C(F)(F)C(F)(F)C(F)(F)C(F)(F)F)O1. The van der Waals surface area contributed by atoms with Crippen molar-refractivity contribution in [1.29, 1.82) is 0 Å². The van der Waals surface area contributed by atoms with Crippen molar-refractivity contribution in [3.63, 3.8) is 0 Å². The highest BCUT2D eigenvalue weighted by Crippen LogP contribution is 2.66. The zero-order valence-electron chi connectivity index (χ0n) is 35.9. The van der Waals surface area contributed by atoms with Gasteiger partial charge in [-0.3, -0.25) is 0 Å². The fourth-order valence-corrected chi connectivity index (χ4v) is 12.4. The molecule has 0 aromatic heterocycles. The number of alkyl halides is 39. The van der Waals surface area contributed by atoms with Crippen LogP contribution in [0.15, 0.2) is 12.6 Å². The lowest BCUT2D eigenvalue weighted by Gasteiger charge is -2.47. The van der Waals surface area contributed by atoms with E-state index >= 15 is 26.3 Å². The van der Waals surface area contributed by atoms with Gasteiger partial charge in [0, 0.05) is 19.3 Å². The Balaban J connectivity index is 4.59. The van der Waals surface area contributed by atoms with Crippen LogP contribution in [-0.4, -0.2) is 134 Å². The van der Waals surface area contributed by atoms with Gasteiger partial charge >= 0.3 is 114 Å². The Morgan fingerprint density at radius 3 is 0.707 bits per heavy atom. The average Bonchev–Trinajstić information content (AvgIpc) is 3.42. The van der Waals surface area contributed by atoms with Gasteiger partial charge in [0.2, 0.25) is 0 Å². The molecule has 1 atom stereocenters. The summed E-state index contributed by atoms with van der Waals surface area (Å²) in [5.74, 6) is -128. The van der Waals surface area contributed by atoms with Crippen LogP contribution < -0.4 is 0 Å². The summed E-state index contributed by atoms with van der Waals surface area (Å²) in [6.45, 7) is 4.07. The van der Waals surface area contributed by atoms with E-state index in [1.807, 2.05) is 0 Å². The van der Waals surface area contributed by atoms with E-state index in [2.05, 4.69) is 6.58 Å². The molecule has 1 unspecified atom stereocenters. The van der Waals surface area contributed by atoms with Gasteiger partial charge in [0.15, 0.2) is 0 Å². The van der Waals surface area contributed by atoms with Crippen LogP contribution in [0.5, 0.6) is 0 Å². The van der Waals surface area contributed by atoms with E-state index in [1.165, 1.54) is 0 Å². The molecule has 1 rings (SSSR count). The van der Waals surface area contributed by atoms with Crippen LogP contribution in [-0.2, 0) is 9.31 Å². The second-order valence-electron chi connectivity index (χ2n) is 17.3. The van der Waals surface area contributed by atoms with Crippen LogP contribution in [0.25, 0.3) is 0 Å². The highest BCUT2D eigenvalue weighted by atomic mass is 28.3. The first-order valence-electron chi connectivity index (χ1n) is 18.8. The minimum Gasteiger partial charge on any atom is -0.400 e. The lowest BCUT2D eigenvalue weighted by molar-refractivity contribution is -0.440. The third-order valence-corrected chi connectivity index (χ3v) is 17.2. The van der Waals surface area contributed by atoms with Crippen molar-refractivity contribution in [2.45, 2.75) is 183 Å². The van der Waals surface area contributed by atoms with Crippen molar-refractivity contribution < 1.29 is 181 Å². The number of rotatable bonds is 24. The van der Waals surface area contributed by atoms with Crippen LogP contribution in [0.1, 0.15) is 40.0 Å². The summed E-state index contributed by atoms with van der Waals surface area (Å²) >= 11 is 0. The summed E-state index contributed by atoms with van der Waals surface area (Å²) in [5, 5.41) is 0. The van der Waals surface area contributed by atoms with E-state index in [1.54, 1.807) is 0 Å². The van der Waals surface area contributed by atoms with Crippen molar-refractivity contribution in [2.24, 2.45) is 0 Å². The van der Waals surface area contributed by atoms with Crippen LogP contribution in [0, 0.1) is 0 Å². The Hall–Kier alpha value is -2.79. The maximum Gasteiger partial charge on any atom is 0.486 e. The van der Waals surface area contributed by atoms with Crippen molar-refractivity contribution in [3.8, 4) is 0 Å². The van der Waals surface area contributed by atoms with Crippen LogP contribution in [0.3, 0.4) is 0 Å². The predicted octanol–water partition coefficient (Wildman–Crippen LogP) is 16.6. The van der Waals surface area contributed by atoms with E-state index in [0.717, 1.165) is 0 Å². The van der Waals surface area contributed by atoms with Gasteiger partial charge in [0.25, 0.3) is 0 Å². The highest BCUT2D eigenvalue weighted by Gasteiger charge is 2.93. The molecule has 1 saturated heterocycles. The minimum atomic E-state index is -8.91. The molecule has 446 valence electrons. The highest BCUT2D eigenvalue weighted by molar-refractivity contribution is 6.80. The van der Waals surface area contributed by atoms with Crippen molar-refractivity contribution in [1.82, 2.24) is 0 Å². The quantitative estimate of drug-likeness (QED) is 0.0708. The van der Waals surface area contributed by atoms with Crippen LogP contribution >= 0.6 is 0 Å². The molecule has 0 aromatic carbocycles. The Bertz CT molecular complexity index is 1830. The first-order chi connectivity index (χ1) is 32.0. The Labute approximate surface area is 391 Å². The topological polar surface area (TPSA) is 18.5 Å². The maximum atomic E-state index is 15.3. The molecule has 1 aliphatic rings. The Morgan fingerprint density at radius 2 is 0.533 bits per heavy atom. The van der Waals surface area contributed by atoms with E-state index in [0.29, 0.717) is 19.8 Å². The molecule has 0 aromatic rings. The van der Waals surface area contributed by atoms with E-state index < -0.39 is 177 Å². The first kappa shape index (κ1) is 70.2. The number of hydrogen-bond acceptors (Lipinski definition) is 2. The molecule has 0 spiro atoms. The van der Waals surface area contributed by atoms with Gasteiger partial charge < -0.3 is 9.31 Å². The second-order valence-corrected chi connectivity index (χ2v) is 22.1. The van der Waals surface area contributed by atoms with Gasteiger partial charge in [-0.2, -0.15) is 171 Å². The average molecular weight is 1220 g/mol. The minimum absolute atomic E-state index is 0.195. The standard InChI is InChI=1S/C32H26BF39O2Si/c1-5-33-73-13(2,3)14(4,74-33)12-75(9-6-15(34,35)18(40,41)21(46,47)24(52,53)27(58,59)30(64,65)66,10-7-16(36,37)19(42,43)22(48,49)25(54,55)28(60,61)31(67,68)69)11-8-17(38,39)20(44,45)23(50,51)26(56,57)29(62,63)32(70,71)72/h5H,1,6-12H2,2-4H3. The van der Waals surface area contributed by atoms with Gasteiger partial charge in [-0.25, -0.2) is 0 Å². The number of halogens is 39. The zero-order chi connectivity index (χ0) is 61.1. The summed E-state index contributed by atoms with van der Waals surface area (Å²) in [5.41, 5.74) is -5.95. The molecule has 1 heterocycles. The molecule has 0 amide bonds. The van der Waals surface area contributed by atoms with Gasteiger partial charge in [0.05, 0.1) is 19.3 Å². The fourth-order valence-electron chi connectivity index (χ4n) is 6.69. The molecular weight excluding hydrogens is 1200 g/mol. The third kappa shape index (κ3) is 10.5. The smallest absolute Gasteiger partial charge is 0.400 e. The van der Waals surface area contributed by atoms with Crippen molar-refractivity contribution in [2.75, 3.05) is 0 Å². The summed E-state index contributed by atoms with van der Waals surface area (Å²) < 4.78 is 556. The molecule has 0 radical (unpaired) electrons. The van der Waals surface area contributed by atoms with Crippen molar-refractivity contribution >= 4 is 15.2 Å². The molecule has 43 heteroatoms. The van der Waals surface area contributed by atoms with E-state index in [-0.39, 0.29) is 6.92 Å². The lowest BCUT2D eigenvalue weighted by Crippen LogP contribution is -2.70. The summed E-state index contributed by atoms with van der Waals surface area (Å²) in [7, 11) is -9.35. The molecule has 2 nitrogen and oxygen atoms in total. The van der Waals surface area contributed by atoms with Gasteiger partial charge in [-0.05, 0) is 26.8 Å². The van der Waals surface area contributed by atoms with Crippen LogP contribution in [0.2, 0.25) is 24.2 Å². The lowest BCUT2D eigenvalue weighted by atomic mass is 9.90. The summed E-state index contributed by atoms with van der Waals surface area (Å²) in [6.07, 6.45) is -36.7. The molecule has 1 fully saturated rings. The summed E-state index contributed by atoms with van der Waals surface area (Å²) in [6, 6.07) is -12.4. The largest absolute Gasteiger partial charge is 0.486 e. The predicted molar refractivity (Wildman–Crippen MR) is 172 cm³/mol. The van der Waals surface area contributed by atoms with Gasteiger partial charge in [0.1, 0.15) is 0 Å². The molecule has 0 saturated carbocycles. The second kappa shape index (κ2) is 18.9. The van der Waals surface area contributed by atoms with Gasteiger partial charge in [-0.1, -0.05) is 24.1 Å². The zero-order valence-corrected chi connectivity index (χ0v) is 36.9. The molecule has 0 N–H and O–H groups in total. The first-order valence-corrected chi connectivity index (χ1v) is 21.6. The van der Waals surface area contributed by atoms with Gasteiger partial charge in [-0.15, -0.1) is 6.58 Å². The Morgan fingerprint density at radius 1 is 0.333 bits per heavy atom. The molecule has 0 aliphatic carbocycles. The maximum absolute atomic E-state index is 15.3. The van der Waals surface area contributed by atoms with E-state index in [9.17, 15) is 145 Å². The third-order valence-electron chi connectivity index (χ3n) is 11.9. The molecule has 0 bridgehead atoms. The van der Waals surface area contributed by atoms with Crippen LogP contribution in [0.4, 0.5) is 171 Å². The molecular formula is C32H26BF39O2Si. The van der Waals surface area contributed by atoms with E-state index in [4.69, 9.17) is 9.31 Å². The number of hydrogen-bond donors (Lipinski definition) is 0. The normalized spacial score (nSPS) is 20.1. The Kier molecular flexibility index (Phi) is 17.7. The fraction of sp³-hybridized carbons (Fsp3) is 0.938. The molecule has 75 heavy (non-hydrogen) atoms. The molecule has 1 aliphatic heterocycles.